The van der Waals surface area contributed by atoms with Gasteiger partial charge in [-0.2, -0.15) is 0 Å². The van der Waals surface area contributed by atoms with Gasteiger partial charge in [-0.25, -0.2) is 4.39 Å². The van der Waals surface area contributed by atoms with Crippen LogP contribution in [0.1, 0.15) is 41.7 Å². The number of carbonyl (C=O) groups is 2. The fraction of sp³-hybridized carbons (Fsp3) is 0.364. The molecule has 156 valence electrons. The number of likely N-dealkylation sites (tertiary alicyclic amines) is 1. The normalized spacial score (nSPS) is 16.4. The van der Waals surface area contributed by atoms with Crippen molar-refractivity contribution in [3.05, 3.63) is 71.5 Å². The van der Waals surface area contributed by atoms with Gasteiger partial charge in [-0.05, 0) is 30.5 Å². The molecule has 3 rings (SSSR count). The number of halogens is 2. The Hall–Kier alpha value is -2.44. The van der Waals surface area contributed by atoms with Crippen molar-refractivity contribution in [2.24, 2.45) is 11.7 Å². The fourth-order valence-corrected chi connectivity index (χ4v) is 3.49. The summed E-state index contributed by atoms with van der Waals surface area (Å²) in [7, 11) is 0. The van der Waals surface area contributed by atoms with Crippen molar-refractivity contribution in [3.8, 4) is 0 Å². The number of piperidine rings is 1. The van der Waals surface area contributed by atoms with Gasteiger partial charge in [0.1, 0.15) is 5.82 Å². The number of nitrogens with one attached hydrogen (secondary N) is 1. The van der Waals surface area contributed by atoms with E-state index in [1.165, 1.54) is 12.1 Å². The minimum Gasteiger partial charge on any atom is -0.353 e. The maximum atomic E-state index is 13.8. The summed E-state index contributed by atoms with van der Waals surface area (Å²) in [6.45, 7) is 2.79. The molecule has 0 aromatic heterocycles. The molecule has 3 N–H and O–H groups in total. The zero-order valence-electron chi connectivity index (χ0n) is 16.4. The summed E-state index contributed by atoms with van der Waals surface area (Å²) in [6.07, 6.45) is 1.28. The third-order valence-corrected chi connectivity index (χ3v) is 5.37. The van der Waals surface area contributed by atoms with Gasteiger partial charge in [0.2, 0.25) is 5.91 Å². The monoisotopic (exact) mass is 419 g/mol. The summed E-state index contributed by atoms with van der Waals surface area (Å²) in [4.78, 5) is 26.7. The summed E-state index contributed by atoms with van der Waals surface area (Å²) < 4.78 is 13.8. The van der Waals surface area contributed by atoms with Crippen LogP contribution in [-0.2, 0) is 4.79 Å². The summed E-state index contributed by atoms with van der Waals surface area (Å²) in [5, 5.41) is 3.05. The number of hydrogen-bond donors (Lipinski definition) is 2. The van der Waals surface area contributed by atoms with Crippen LogP contribution in [0.4, 0.5) is 4.39 Å². The number of nitrogens with two attached hydrogens (primary N) is 1. The van der Waals surface area contributed by atoms with Gasteiger partial charge >= 0.3 is 0 Å². The maximum Gasteiger partial charge on any atom is 0.256 e. The van der Waals surface area contributed by atoms with Crippen LogP contribution in [0, 0.1) is 11.7 Å². The lowest BCUT2D eigenvalue weighted by molar-refractivity contribution is -0.126. The third kappa shape index (κ3) is 5.55. The van der Waals surface area contributed by atoms with E-state index in [1.807, 2.05) is 37.3 Å². The SMILES string of the molecule is CC(C(=O)NC1CCN(C(=O)c2ccccc2F)CC1)C(N)c1ccccc1.Cl. The molecule has 1 aliphatic heterocycles. The van der Waals surface area contributed by atoms with Crippen molar-refractivity contribution >= 4 is 24.2 Å². The van der Waals surface area contributed by atoms with Crippen molar-refractivity contribution < 1.29 is 14.0 Å². The van der Waals surface area contributed by atoms with Gasteiger partial charge in [0.05, 0.1) is 11.5 Å². The van der Waals surface area contributed by atoms with Crippen LogP contribution in [0.5, 0.6) is 0 Å². The smallest absolute Gasteiger partial charge is 0.256 e. The predicted molar refractivity (Wildman–Crippen MR) is 113 cm³/mol. The number of nitrogens with zero attached hydrogens (tertiary/aromatic N) is 1. The van der Waals surface area contributed by atoms with Crippen LogP contribution >= 0.6 is 12.4 Å². The molecule has 2 atom stereocenters. The minimum atomic E-state index is -0.508. The van der Waals surface area contributed by atoms with Gasteiger partial charge in [0.25, 0.3) is 5.91 Å². The van der Waals surface area contributed by atoms with Crippen LogP contribution in [0.25, 0.3) is 0 Å². The molecular weight excluding hydrogens is 393 g/mol. The van der Waals surface area contributed by atoms with E-state index >= 15 is 0 Å². The molecule has 5 nitrogen and oxygen atoms in total. The van der Waals surface area contributed by atoms with E-state index in [9.17, 15) is 14.0 Å². The van der Waals surface area contributed by atoms with E-state index in [4.69, 9.17) is 5.73 Å². The Kier molecular flexibility index (Phi) is 8.17. The molecule has 29 heavy (non-hydrogen) atoms. The standard InChI is InChI=1S/C22H26FN3O2.ClH/c1-15(20(24)16-7-3-2-4-8-16)21(27)25-17-11-13-26(14-12-17)22(28)18-9-5-6-10-19(18)23;/h2-10,15,17,20H,11-14,24H2,1H3,(H,25,27);1H. The van der Waals surface area contributed by atoms with Crippen LogP contribution in [0.2, 0.25) is 0 Å². The van der Waals surface area contributed by atoms with E-state index in [0.29, 0.717) is 25.9 Å². The van der Waals surface area contributed by atoms with Gasteiger partial charge < -0.3 is 16.0 Å². The third-order valence-electron chi connectivity index (χ3n) is 5.37. The number of carbonyl (C=O) groups excluding carboxylic acids is 2. The number of benzene rings is 2. The molecule has 1 fully saturated rings. The lowest BCUT2D eigenvalue weighted by atomic mass is 9.94. The van der Waals surface area contributed by atoms with Gasteiger partial charge in [0.15, 0.2) is 0 Å². The second-order valence-corrected chi connectivity index (χ2v) is 7.28. The highest BCUT2D eigenvalue weighted by Gasteiger charge is 2.28. The molecule has 0 aliphatic carbocycles. The first-order valence-corrected chi connectivity index (χ1v) is 9.62. The number of amides is 2. The zero-order chi connectivity index (χ0) is 20.1. The Morgan fingerprint density at radius 3 is 2.28 bits per heavy atom. The molecule has 2 aromatic rings. The molecule has 1 aliphatic rings. The van der Waals surface area contributed by atoms with Gasteiger partial charge in [-0.15, -0.1) is 12.4 Å². The Balaban J connectivity index is 0.00000300. The molecular formula is C22H27ClFN3O2. The van der Waals surface area contributed by atoms with E-state index < -0.39 is 5.82 Å². The number of rotatable bonds is 5. The first kappa shape index (κ1) is 22.8. The maximum absolute atomic E-state index is 13.8. The molecule has 0 spiro atoms. The van der Waals surface area contributed by atoms with E-state index in [2.05, 4.69) is 5.32 Å². The summed E-state index contributed by atoms with van der Waals surface area (Å²) in [5.74, 6) is -1.26. The van der Waals surface area contributed by atoms with E-state index in [1.54, 1.807) is 17.0 Å². The van der Waals surface area contributed by atoms with E-state index in [-0.39, 0.29) is 47.8 Å². The minimum absolute atomic E-state index is 0. The Morgan fingerprint density at radius 1 is 1.07 bits per heavy atom. The summed E-state index contributed by atoms with van der Waals surface area (Å²) >= 11 is 0. The second-order valence-electron chi connectivity index (χ2n) is 7.28. The average molecular weight is 420 g/mol. The second kappa shape index (κ2) is 10.4. The Labute approximate surface area is 176 Å². The molecule has 0 bridgehead atoms. The lowest BCUT2D eigenvalue weighted by Crippen LogP contribution is -2.48. The molecule has 2 aromatic carbocycles. The van der Waals surface area contributed by atoms with Crippen molar-refractivity contribution in [2.45, 2.75) is 31.8 Å². The highest BCUT2D eigenvalue weighted by molar-refractivity contribution is 5.94. The topological polar surface area (TPSA) is 75.4 Å². The predicted octanol–water partition coefficient (Wildman–Crippen LogP) is 3.30. The van der Waals surface area contributed by atoms with Crippen LogP contribution < -0.4 is 11.1 Å². The molecule has 1 saturated heterocycles. The fourth-order valence-electron chi connectivity index (χ4n) is 3.49. The molecule has 0 radical (unpaired) electrons. The molecule has 7 heteroatoms. The van der Waals surface area contributed by atoms with Gasteiger partial charge in [-0.3, -0.25) is 9.59 Å². The Bertz CT molecular complexity index is 826. The highest BCUT2D eigenvalue weighted by Crippen LogP contribution is 2.21. The van der Waals surface area contributed by atoms with Gasteiger partial charge in [-0.1, -0.05) is 49.4 Å². The van der Waals surface area contributed by atoms with Crippen molar-refractivity contribution in [1.29, 1.82) is 0 Å². The quantitative estimate of drug-likeness (QED) is 0.780. The van der Waals surface area contributed by atoms with E-state index in [0.717, 1.165) is 5.56 Å². The van der Waals surface area contributed by atoms with Crippen LogP contribution in [0.15, 0.2) is 54.6 Å². The van der Waals surface area contributed by atoms with Crippen molar-refractivity contribution in [1.82, 2.24) is 10.2 Å². The number of hydrogen-bond acceptors (Lipinski definition) is 3. The Morgan fingerprint density at radius 2 is 1.66 bits per heavy atom. The molecule has 1 heterocycles. The summed E-state index contributed by atoms with van der Waals surface area (Å²) in [5.41, 5.74) is 7.25. The highest BCUT2D eigenvalue weighted by atomic mass is 35.5. The van der Waals surface area contributed by atoms with Crippen LogP contribution in [0.3, 0.4) is 0 Å². The van der Waals surface area contributed by atoms with Crippen molar-refractivity contribution in [3.63, 3.8) is 0 Å². The average Bonchev–Trinajstić information content (AvgIpc) is 2.73. The first-order valence-electron chi connectivity index (χ1n) is 9.62. The van der Waals surface area contributed by atoms with Crippen LogP contribution in [-0.4, -0.2) is 35.8 Å². The zero-order valence-corrected chi connectivity index (χ0v) is 17.2. The lowest BCUT2D eigenvalue weighted by Gasteiger charge is -2.33. The summed E-state index contributed by atoms with van der Waals surface area (Å²) in [6, 6.07) is 15.2. The molecule has 2 unspecified atom stereocenters. The molecule has 0 saturated carbocycles. The van der Waals surface area contributed by atoms with Gasteiger partial charge in [0, 0.05) is 25.2 Å². The largest absolute Gasteiger partial charge is 0.353 e. The van der Waals surface area contributed by atoms with Crippen molar-refractivity contribution in [2.75, 3.05) is 13.1 Å². The molecule has 2 amide bonds. The first-order chi connectivity index (χ1) is 13.5.